The minimum Gasteiger partial charge on any atom is -0.262 e. The normalized spacial score (nSPS) is 17.0. The number of rotatable bonds is 0. The van der Waals surface area contributed by atoms with Crippen LogP contribution in [0.3, 0.4) is 0 Å². The summed E-state index contributed by atoms with van der Waals surface area (Å²) in [5, 5.41) is 13.7. The number of allylic oxidation sites excluding steroid dienone is 1. The van der Waals surface area contributed by atoms with Gasteiger partial charge in [-0.3, -0.25) is 5.43 Å². The van der Waals surface area contributed by atoms with Crippen LogP contribution < -0.4 is 5.43 Å². The first kappa shape index (κ1) is 4.14. The molecule has 0 spiro atoms. The van der Waals surface area contributed by atoms with Crippen LogP contribution in [0.2, 0.25) is 0 Å². The molecule has 1 rings (SSSR count). The molecule has 1 N–H and O–H groups in total. The van der Waals surface area contributed by atoms with Gasteiger partial charge in [-0.15, -0.1) is 5.10 Å². The monoisotopic (exact) mass is 98.0 g/mol. The lowest BCUT2D eigenvalue weighted by molar-refractivity contribution is -0.186. The molecule has 0 saturated carbocycles. The van der Waals surface area contributed by atoms with E-state index in [4.69, 9.17) is 0 Å². The lowest BCUT2D eigenvalue weighted by Crippen LogP contribution is -2.25. The lowest BCUT2D eigenvalue weighted by Gasteiger charge is -2.06. The third-order valence-corrected chi connectivity index (χ3v) is 0.539. The van der Waals surface area contributed by atoms with Crippen molar-refractivity contribution in [2.45, 2.75) is 0 Å². The SMILES string of the molecule is [O]N1N=CC=CN1. The summed E-state index contributed by atoms with van der Waals surface area (Å²) < 4.78 is 0. The summed E-state index contributed by atoms with van der Waals surface area (Å²) in [5.41, 5.74) is 2.28. The number of hydrogen-bond acceptors (Lipinski definition) is 3. The molecule has 1 aliphatic rings. The molecule has 0 fully saturated rings. The van der Waals surface area contributed by atoms with Crippen molar-refractivity contribution in [2.75, 3.05) is 0 Å². The van der Waals surface area contributed by atoms with Gasteiger partial charge < -0.3 is 0 Å². The fraction of sp³-hybridized carbons (Fsp3) is 0. The zero-order valence-corrected chi connectivity index (χ0v) is 3.53. The van der Waals surface area contributed by atoms with E-state index in [0.29, 0.717) is 5.28 Å². The highest BCUT2D eigenvalue weighted by molar-refractivity contribution is 5.70. The second-order valence-electron chi connectivity index (χ2n) is 1.03. The van der Waals surface area contributed by atoms with Gasteiger partial charge in [0.1, 0.15) is 0 Å². The zero-order chi connectivity index (χ0) is 5.11. The highest BCUT2D eigenvalue weighted by Gasteiger charge is 1.89. The number of nitrogens with one attached hydrogen (secondary N) is 1. The van der Waals surface area contributed by atoms with Crippen molar-refractivity contribution in [3.05, 3.63) is 12.3 Å². The third kappa shape index (κ3) is 0.902. The summed E-state index contributed by atoms with van der Waals surface area (Å²) >= 11 is 0. The number of nitrogens with zero attached hydrogens (tertiary/aromatic N) is 2. The molecule has 0 amide bonds. The van der Waals surface area contributed by atoms with E-state index in [1.54, 1.807) is 6.08 Å². The molecule has 0 aliphatic carbocycles. The van der Waals surface area contributed by atoms with Gasteiger partial charge in [-0.25, -0.2) is 0 Å². The molecule has 0 bridgehead atoms. The molecule has 1 aliphatic heterocycles. The summed E-state index contributed by atoms with van der Waals surface area (Å²) in [5.74, 6) is 0. The Kier molecular flexibility index (Phi) is 0.953. The van der Waals surface area contributed by atoms with Crippen LogP contribution in [0.25, 0.3) is 0 Å². The minimum absolute atomic E-state index is 0.375. The Morgan fingerprint density at radius 2 is 2.57 bits per heavy atom. The maximum atomic E-state index is 10.0. The zero-order valence-electron chi connectivity index (χ0n) is 3.53. The topological polar surface area (TPSA) is 47.5 Å². The second-order valence-corrected chi connectivity index (χ2v) is 1.03. The largest absolute Gasteiger partial charge is 0.262 e. The predicted octanol–water partition coefficient (Wildman–Crippen LogP) is -0.348. The molecular formula is C3H4N3O. The van der Waals surface area contributed by atoms with Gasteiger partial charge in [0.05, 0.1) is 6.21 Å². The van der Waals surface area contributed by atoms with Crippen LogP contribution in [0, 0.1) is 0 Å². The fourth-order valence-corrected chi connectivity index (χ4v) is 0.282. The smallest absolute Gasteiger partial charge is 0.0532 e. The maximum Gasteiger partial charge on any atom is 0.0532 e. The maximum absolute atomic E-state index is 10.0. The van der Waals surface area contributed by atoms with E-state index >= 15 is 0 Å². The highest BCUT2D eigenvalue weighted by atomic mass is 16.6. The van der Waals surface area contributed by atoms with Crippen molar-refractivity contribution in [1.29, 1.82) is 0 Å². The second kappa shape index (κ2) is 1.61. The summed E-state index contributed by atoms with van der Waals surface area (Å²) in [6.45, 7) is 0. The quantitative estimate of drug-likeness (QED) is 0.450. The van der Waals surface area contributed by atoms with Gasteiger partial charge in [-0.1, -0.05) is 0 Å². The van der Waals surface area contributed by atoms with E-state index in [-0.39, 0.29) is 0 Å². The van der Waals surface area contributed by atoms with Gasteiger partial charge in [-0.05, 0) is 16.6 Å². The van der Waals surface area contributed by atoms with Gasteiger partial charge >= 0.3 is 0 Å². The van der Waals surface area contributed by atoms with Gasteiger partial charge in [0, 0.05) is 6.20 Å². The molecule has 4 nitrogen and oxygen atoms in total. The van der Waals surface area contributed by atoms with E-state index in [1.807, 2.05) is 0 Å². The molecule has 4 heteroatoms. The van der Waals surface area contributed by atoms with Crippen LogP contribution in [-0.4, -0.2) is 11.5 Å². The average Bonchev–Trinajstić information content (AvgIpc) is 1.69. The summed E-state index contributed by atoms with van der Waals surface area (Å²) in [6, 6.07) is 0. The molecule has 1 radical (unpaired) electrons. The molecule has 0 aromatic rings. The van der Waals surface area contributed by atoms with E-state index in [1.165, 1.54) is 12.4 Å². The molecule has 0 unspecified atom stereocenters. The number of hydrogen-bond donors (Lipinski definition) is 1. The van der Waals surface area contributed by atoms with Crippen LogP contribution in [0.5, 0.6) is 0 Å². The molecule has 0 atom stereocenters. The van der Waals surface area contributed by atoms with E-state index in [2.05, 4.69) is 10.5 Å². The highest BCUT2D eigenvalue weighted by Crippen LogP contribution is 1.80. The van der Waals surface area contributed by atoms with Crippen molar-refractivity contribution >= 4 is 6.21 Å². The van der Waals surface area contributed by atoms with E-state index in [9.17, 15) is 5.21 Å². The molecule has 37 valence electrons. The van der Waals surface area contributed by atoms with Crippen LogP contribution in [-0.2, 0) is 5.21 Å². The first-order valence-corrected chi connectivity index (χ1v) is 1.82. The molecule has 7 heavy (non-hydrogen) atoms. The molecule has 0 aromatic heterocycles. The molecular weight excluding hydrogens is 94.1 g/mol. The van der Waals surface area contributed by atoms with Crippen molar-refractivity contribution in [3.8, 4) is 0 Å². The Bertz CT molecular complexity index is 109. The van der Waals surface area contributed by atoms with Crippen LogP contribution >= 0.6 is 0 Å². The summed E-state index contributed by atoms with van der Waals surface area (Å²) in [6.07, 6.45) is 4.54. The van der Waals surface area contributed by atoms with Crippen molar-refractivity contribution in [3.63, 3.8) is 0 Å². The first-order chi connectivity index (χ1) is 3.39. The van der Waals surface area contributed by atoms with Crippen molar-refractivity contribution in [2.24, 2.45) is 5.10 Å². The van der Waals surface area contributed by atoms with Crippen molar-refractivity contribution in [1.82, 2.24) is 10.7 Å². The van der Waals surface area contributed by atoms with E-state index in [0.717, 1.165) is 0 Å². The number of hydrazine groups is 1. The Labute approximate surface area is 40.7 Å². The molecule has 0 aromatic carbocycles. The number of hydrazone groups is 1. The fourth-order valence-electron chi connectivity index (χ4n) is 0.282. The summed E-state index contributed by atoms with van der Waals surface area (Å²) in [7, 11) is 0. The third-order valence-electron chi connectivity index (χ3n) is 0.539. The lowest BCUT2D eigenvalue weighted by atomic mass is 10.7. The average molecular weight is 98.1 g/mol. The van der Waals surface area contributed by atoms with Gasteiger partial charge in [0.25, 0.3) is 0 Å². The van der Waals surface area contributed by atoms with Crippen LogP contribution in [0.4, 0.5) is 0 Å². The van der Waals surface area contributed by atoms with Crippen LogP contribution in [0.1, 0.15) is 0 Å². The standard InChI is InChI=1S/C3H4N3O/c7-6-4-2-1-3-5-6/h1-4H. The van der Waals surface area contributed by atoms with Gasteiger partial charge in [-0.2, -0.15) is 0 Å². The van der Waals surface area contributed by atoms with Gasteiger partial charge in [0.2, 0.25) is 0 Å². The Morgan fingerprint density at radius 1 is 1.71 bits per heavy atom. The Morgan fingerprint density at radius 3 is 2.86 bits per heavy atom. The minimum atomic E-state index is 0.375. The molecule has 1 heterocycles. The van der Waals surface area contributed by atoms with E-state index < -0.39 is 0 Å². The molecule has 0 saturated heterocycles. The Balaban J connectivity index is 2.49. The van der Waals surface area contributed by atoms with Gasteiger partial charge in [0.15, 0.2) is 0 Å². The Hall–Kier alpha value is -1.03. The summed E-state index contributed by atoms with van der Waals surface area (Å²) in [4.78, 5) is 0. The predicted molar refractivity (Wildman–Crippen MR) is 23.3 cm³/mol. The first-order valence-electron chi connectivity index (χ1n) is 1.82. The van der Waals surface area contributed by atoms with Crippen molar-refractivity contribution < 1.29 is 5.21 Å². The van der Waals surface area contributed by atoms with Crippen LogP contribution in [0.15, 0.2) is 17.4 Å².